The molecule has 4 heteroatoms. The molecule has 18 heavy (non-hydrogen) atoms. The second kappa shape index (κ2) is 7.34. The third-order valence-corrected chi connectivity index (χ3v) is 2.61. The predicted molar refractivity (Wildman–Crippen MR) is 70.2 cm³/mol. The quantitative estimate of drug-likeness (QED) is 0.786. The topological polar surface area (TPSA) is 41.5 Å². The van der Waals surface area contributed by atoms with Crippen molar-refractivity contribution in [3.8, 4) is 5.75 Å². The summed E-state index contributed by atoms with van der Waals surface area (Å²) in [4.78, 5) is 0. The van der Waals surface area contributed by atoms with Crippen molar-refractivity contribution in [2.45, 2.75) is 45.9 Å². The average Bonchev–Trinajstić information content (AvgIpc) is 2.34. The van der Waals surface area contributed by atoms with Crippen molar-refractivity contribution in [1.82, 2.24) is 5.32 Å². The second-order valence-corrected chi connectivity index (χ2v) is 4.67. The lowest BCUT2D eigenvalue weighted by atomic mass is 10.2. The van der Waals surface area contributed by atoms with E-state index in [4.69, 9.17) is 4.74 Å². The molecule has 0 bridgehead atoms. The van der Waals surface area contributed by atoms with E-state index in [9.17, 15) is 9.50 Å². The zero-order chi connectivity index (χ0) is 13.5. The Morgan fingerprint density at radius 1 is 1.39 bits per heavy atom. The summed E-state index contributed by atoms with van der Waals surface area (Å²) >= 11 is 0. The minimum absolute atomic E-state index is 0.122. The fourth-order valence-corrected chi connectivity index (χ4v) is 1.40. The SMILES string of the molecule is CCC(O)COc1ccc(CNC(C)C)cc1F. The number of nitrogens with one attached hydrogen (secondary N) is 1. The van der Waals surface area contributed by atoms with Gasteiger partial charge in [0.2, 0.25) is 0 Å². The van der Waals surface area contributed by atoms with Crippen LogP contribution in [-0.2, 0) is 6.54 Å². The van der Waals surface area contributed by atoms with Crippen LogP contribution < -0.4 is 10.1 Å². The number of rotatable bonds is 7. The van der Waals surface area contributed by atoms with Crippen molar-refractivity contribution in [3.63, 3.8) is 0 Å². The number of hydrogen-bond acceptors (Lipinski definition) is 3. The number of halogens is 1. The molecule has 1 unspecified atom stereocenters. The Balaban J connectivity index is 2.56. The van der Waals surface area contributed by atoms with Crippen LogP contribution in [0, 0.1) is 5.82 Å². The van der Waals surface area contributed by atoms with Crippen molar-refractivity contribution >= 4 is 0 Å². The van der Waals surface area contributed by atoms with E-state index in [0.717, 1.165) is 5.56 Å². The fourth-order valence-electron chi connectivity index (χ4n) is 1.40. The summed E-state index contributed by atoms with van der Waals surface area (Å²) in [7, 11) is 0. The van der Waals surface area contributed by atoms with Gasteiger partial charge in [-0.15, -0.1) is 0 Å². The molecule has 0 aliphatic rings. The highest BCUT2D eigenvalue weighted by Gasteiger charge is 2.07. The summed E-state index contributed by atoms with van der Waals surface area (Å²) in [6.07, 6.45) is 0.0459. The third-order valence-electron chi connectivity index (χ3n) is 2.61. The number of benzene rings is 1. The van der Waals surface area contributed by atoms with Gasteiger partial charge in [-0.3, -0.25) is 0 Å². The largest absolute Gasteiger partial charge is 0.488 e. The molecule has 2 N–H and O–H groups in total. The molecule has 1 rings (SSSR count). The molecule has 1 aromatic carbocycles. The summed E-state index contributed by atoms with van der Waals surface area (Å²) in [6.45, 7) is 6.69. The molecular weight excluding hydrogens is 233 g/mol. The number of hydrogen-bond donors (Lipinski definition) is 2. The van der Waals surface area contributed by atoms with Crippen LogP contribution in [0.2, 0.25) is 0 Å². The summed E-state index contributed by atoms with van der Waals surface area (Å²) in [5, 5.41) is 12.6. The van der Waals surface area contributed by atoms with Crippen molar-refractivity contribution in [2.75, 3.05) is 6.61 Å². The number of aliphatic hydroxyl groups excluding tert-OH is 1. The fraction of sp³-hybridized carbons (Fsp3) is 0.571. The van der Waals surface area contributed by atoms with Gasteiger partial charge in [-0.05, 0) is 24.1 Å². The van der Waals surface area contributed by atoms with Gasteiger partial charge < -0.3 is 15.2 Å². The van der Waals surface area contributed by atoms with Gasteiger partial charge in [-0.2, -0.15) is 0 Å². The van der Waals surface area contributed by atoms with Crippen LogP contribution >= 0.6 is 0 Å². The van der Waals surface area contributed by atoms with E-state index in [1.54, 1.807) is 6.07 Å². The van der Waals surface area contributed by atoms with Crippen LogP contribution in [0.3, 0.4) is 0 Å². The van der Waals surface area contributed by atoms with E-state index in [1.165, 1.54) is 6.07 Å². The van der Waals surface area contributed by atoms with Crippen molar-refractivity contribution in [3.05, 3.63) is 29.6 Å². The van der Waals surface area contributed by atoms with Crippen LogP contribution in [0.15, 0.2) is 18.2 Å². The Labute approximate surface area is 108 Å². The van der Waals surface area contributed by atoms with Gasteiger partial charge in [0, 0.05) is 12.6 Å². The molecule has 0 saturated heterocycles. The molecular formula is C14H22FNO2. The van der Waals surface area contributed by atoms with Gasteiger partial charge in [-0.1, -0.05) is 26.8 Å². The molecule has 0 heterocycles. The molecule has 102 valence electrons. The normalized spacial score (nSPS) is 12.8. The van der Waals surface area contributed by atoms with Crippen molar-refractivity contribution < 1.29 is 14.2 Å². The molecule has 0 spiro atoms. The second-order valence-electron chi connectivity index (χ2n) is 4.67. The molecule has 1 aromatic rings. The molecule has 0 fully saturated rings. The third kappa shape index (κ3) is 5.02. The lowest BCUT2D eigenvalue weighted by molar-refractivity contribution is 0.102. The summed E-state index contributed by atoms with van der Waals surface area (Å²) in [5.74, 6) is -0.197. The maximum atomic E-state index is 13.7. The standard InChI is InChI=1S/C14H22FNO2/c1-4-12(17)9-18-14-6-5-11(7-13(14)15)8-16-10(2)3/h5-7,10,12,16-17H,4,8-9H2,1-3H3. The predicted octanol–water partition coefficient (Wildman–Crippen LogP) is 2.47. The van der Waals surface area contributed by atoms with Gasteiger partial charge in [0.25, 0.3) is 0 Å². The van der Waals surface area contributed by atoms with E-state index in [0.29, 0.717) is 19.0 Å². The lowest BCUT2D eigenvalue weighted by Gasteiger charge is -2.12. The van der Waals surface area contributed by atoms with E-state index in [2.05, 4.69) is 5.32 Å². The zero-order valence-electron chi connectivity index (χ0n) is 11.2. The molecule has 0 radical (unpaired) electrons. The first kappa shape index (κ1) is 14.9. The number of aliphatic hydroxyl groups is 1. The van der Waals surface area contributed by atoms with E-state index >= 15 is 0 Å². The maximum Gasteiger partial charge on any atom is 0.165 e. The highest BCUT2D eigenvalue weighted by molar-refractivity contribution is 5.29. The summed E-state index contributed by atoms with van der Waals surface area (Å²) in [6, 6.07) is 5.26. The number of ether oxygens (including phenoxy) is 1. The van der Waals surface area contributed by atoms with Crippen LogP contribution in [0.1, 0.15) is 32.8 Å². The summed E-state index contributed by atoms with van der Waals surface area (Å²) in [5.41, 5.74) is 0.879. The van der Waals surface area contributed by atoms with Crippen LogP contribution in [0.5, 0.6) is 5.75 Å². The van der Waals surface area contributed by atoms with E-state index < -0.39 is 6.10 Å². The maximum absolute atomic E-state index is 13.7. The first-order chi connectivity index (χ1) is 8.52. The van der Waals surface area contributed by atoms with Gasteiger partial charge in [0.05, 0.1) is 6.10 Å². The van der Waals surface area contributed by atoms with E-state index in [-0.39, 0.29) is 18.2 Å². The Hall–Kier alpha value is -1.13. The smallest absolute Gasteiger partial charge is 0.165 e. The van der Waals surface area contributed by atoms with Crippen molar-refractivity contribution in [1.29, 1.82) is 0 Å². The van der Waals surface area contributed by atoms with Crippen LogP contribution in [-0.4, -0.2) is 23.9 Å². The first-order valence-corrected chi connectivity index (χ1v) is 6.35. The Bertz CT molecular complexity index is 369. The molecule has 1 atom stereocenters. The van der Waals surface area contributed by atoms with Gasteiger partial charge in [-0.25, -0.2) is 4.39 Å². The Morgan fingerprint density at radius 2 is 2.11 bits per heavy atom. The summed E-state index contributed by atoms with van der Waals surface area (Å²) < 4.78 is 18.9. The minimum atomic E-state index is -0.549. The Morgan fingerprint density at radius 3 is 2.67 bits per heavy atom. The molecule has 0 aliphatic carbocycles. The highest BCUT2D eigenvalue weighted by Crippen LogP contribution is 2.18. The van der Waals surface area contributed by atoms with E-state index in [1.807, 2.05) is 26.8 Å². The zero-order valence-corrected chi connectivity index (χ0v) is 11.2. The molecule has 0 aliphatic heterocycles. The minimum Gasteiger partial charge on any atom is -0.488 e. The highest BCUT2D eigenvalue weighted by atomic mass is 19.1. The Kier molecular flexibility index (Phi) is 6.09. The van der Waals surface area contributed by atoms with Crippen LogP contribution in [0.4, 0.5) is 4.39 Å². The lowest BCUT2D eigenvalue weighted by Crippen LogP contribution is -2.22. The van der Waals surface area contributed by atoms with Gasteiger partial charge >= 0.3 is 0 Å². The van der Waals surface area contributed by atoms with Gasteiger partial charge in [0.1, 0.15) is 6.61 Å². The molecule has 0 aromatic heterocycles. The first-order valence-electron chi connectivity index (χ1n) is 6.35. The molecule has 3 nitrogen and oxygen atoms in total. The monoisotopic (exact) mass is 255 g/mol. The van der Waals surface area contributed by atoms with Gasteiger partial charge in [0.15, 0.2) is 11.6 Å². The van der Waals surface area contributed by atoms with Crippen LogP contribution in [0.25, 0.3) is 0 Å². The van der Waals surface area contributed by atoms with Crippen molar-refractivity contribution in [2.24, 2.45) is 0 Å². The molecule has 0 saturated carbocycles. The molecule has 0 amide bonds. The average molecular weight is 255 g/mol.